The minimum Gasteiger partial charge on any atom is -0.435 e. The minimum atomic E-state index is -2.90. The largest absolute Gasteiger partial charge is 0.435 e. The van der Waals surface area contributed by atoms with Gasteiger partial charge in [0.25, 0.3) is 0 Å². The van der Waals surface area contributed by atoms with Crippen LogP contribution in [-0.2, 0) is 11.2 Å². The molecule has 2 aromatic rings. The number of hydrogen-bond acceptors (Lipinski definition) is 3. The molecule has 128 valence electrons. The maximum absolute atomic E-state index is 12.2. The van der Waals surface area contributed by atoms with E-state index in [1.54, 1.807) is 18.2 Å². The number of amides is 1. The highest BCUT2D eigenvalue weighted by atomic mass is 19.3. The topological polar surface area (TPSA) is 58.6 Å². The molecule has 0 aliphatic carbocycles. The second kappa shape index (κ2) is 8.40. The van der Waals surface area contributed by atoms with E-state index in [9.17, 15) is 18.7 Å². The van der Waals surface area contributed by atoms with E-state index in [1.807, 2.05) is 25.1 Å². The van der Waals surface area contributed by atoms with E-state index in [0.29, 0.717) is 5.56 Å². The van der Waals surface area contributed by atoms with E-state index in [-0.39, 0.29) is 24.6 Å². The van der Waals surface area contributed by atoms with Crippen LogP contribution < -0.4 is 10.1 Å². The number of hydrogen-bond donors (Lipinski definition) is 2. The first-order chi connectivity index (χ1) is 11.5. The van der Waals surface area contributed by atoms with E-state index in [1.165, 1.54) is 12.1 Å². The zero-order valence-electron chi connectivity index (χ0n) is 13.2. The molecule has 1 unspecified atom stereocenters. The monoisotopic (exact) mass is 335 g/mol. The Morgan fingerprint density at radius 1 is 1.21 bits per heavy atom. The summed E-state index contributed by atoms with van der Waals surface area (Å²) in [6, 6.07) is 13.4. The Hall–Kier alpha value is -2.47. The average molecular weight is 335 g/mol. The van der Waals surface area contributed by atoms with E-state index >= 15 is 0 Å². The van der Waals surface area contributed by atoms with Crippen molar-refractivity contribution in [3.8, 4) is 5.75 Å². The maximum atomic E-state index is 12.2. The van der Waals surface area contributed by atoms with E-state index in [4.69, 9.17) is 0 Å². The van der Waals surface area contributed by atoms with Crippen LogP contribution in [0.25, 0.3) is 0 Å². The summed E-state index contributed by atoms with van der Waals surface area (Å²) in [7, 11) is 0. The highest BCUT2D eigenvalue weighted by Gasteiger charge is 2.12. The molecule has 2 rings (SSSR count). The van der Waals surface area contributed by atoms with Crippen molar-refractivity contribution in [3.63, 3.8) is 0 Å². The van der Waals surface area contributed by atoms with Crippen molar-refractivity contribution in [2.45, 2.75) is 26.1 Å². The first kappa shape index (κ1) is 17.9. The summed E-state index contributed by atoms with van der Waals surface area (Å²) in [4.78, 5) is 12.0. The van der Waals surface area contributed by atoms with Gasteiger partial charge in [0.1, 0.15) is 5.75 Å². The molecule has 0 fully saturated rings. The lowest BCUT2D eigenvalue weighted by Crippen LogP contribution is -2.29. The van der Waals surface area contributed by atoms with Crippen molar-refractivity contribution < 1.29 is 23.4 Å². The van der Waals surface area contributed by atoms with Gasteiger partial charge >= 0.3 is 6.61 Å². The summed E-state index contributed by atoms with van der Waals surface area (Å²) in [6.07, 6.45) is -0.787. The Morgan fingerprint density at radius 3 is 2.67 bits per heavy atom. The van der Waals surface area contributed by atoms with Crippen LogP contribution in [0.3, 0.4) is 0 Å². The van der Waals surface area contributed by atoms with Crippen LogP contribution in [0.1, 0.15) is 22.8 Å². The molecule has 4 nitrogen and oxygen atoms in total. The Labute approximate surface area is 139 Å². The van der Waals surface area contributed by atoms with Gasteiger partial charge in [0, 0.05) is 6.54 Å². The number of benzene rings is 2. The number of alkyl halides is 2. The zero-order chi connectivity index (χ0) is 17.5. The number of aliphatic hydroxyl groups excluding tert-OH is 1. The number of carbonyl (C=O) groups is 1. The fraction of sp³-hybridized carbons (Fsp3) is 0.278. The first-order valence-corrected chi connectivity index (χ1v) is 7.49. The summed E-state index contributed by atoms with van der Waals surface area (Å²) in [5.74, 6) is -0.299. The molecule has 1 amide bonds. The van der Waals surface area contributed by atoms with Crippen LogP contribution >= 0.6 is 0 Å². The molecule has 0 aromatic heterocycles. The Morgan fingerprint density at radius 2 is 1.96 bits per heavy atom. The van der Waals surface area contributed by atoms with E-state index in [2.05, 4.69) is 10.1 Å². The molecule has 0 saturated heterocycles. The molecule has 6 heteroatoms. The second-order valence-electron chi connectivity index (χ2n) is 5.38. The van der Waals surface area contributed by atoms with Gasteiger partial charge in [-0.2, -0.15) is 8.78 Å². The summed E-state index contributed by atoms with van der Waals surface area (Å²) in [5.41, 5.74) is 2.25. The third kappa shape index (κ3) is 5.31. The fourth-order valence-corrected chi connectivity index (χ4v) is 2.36. The van der Waals surface area contributed by atoms with Gasteiger partial charge in [0.2, 0.25) is 5.91 Å². The van der Waals surface area contributed by atoms with Gasteiger partial charge in [-0.15, -0.1) is 0 Å². The van der Waals surface area contributed by atoms with E-state index < -0.39 is 12.7 Å². The quantitative estimate of drug-likeness (QED) is 0.818. The molecular weight excluding hydrogens is 316 g/mol. The standard InChI is InChI=1S/C18H19F2NO3/c1-12-5-2-3-8-15(12)16(22)11-21-17(23)10-13-6-4-7-14(9-13)24-18(19)20/h2-9,16,18,22H,10-11H2,1H3,(H,21,23). The van der Waals surface area contributed by atoms with Gasteiger partial charge in [0.05, 0.1) is 12.5 Å². The van der Waals surface area contributed by atoms with Crippen molar-refractivity contribution in [2.24, 2.45) is 0 Å². The molecule has 1 atom stereocenters. The number of carbonyl (C=O) groups excluding carboxylic acids is 1. The summed E-state index contributed by atoms with van der Waals surface area (Å²) in [5, 5.41) is 12.8. The number of halogens is 2. The predicted molar refractivity (Wildman–Crippen MR) is 85.9 cm³/mol. The zero-order valence-corrected chi connectivity index (χ0v) is 13.2. The van der Waals surface area contributed by atoms with Crippen molar-refractivity contribution in [1.82, 2.24) is 5.32 Å². The van der Waals surface area contributed by atoms with Crippen LogP contribution in [0.2, 0.25) is 0 Å². The fourth-order valence-electron chi connectivity index (χ4n) is 2.36. The molecular formula is C18H19F2NO3. The van der Waals surface area contributed by atoms with Gasteiger partial charge in [-0.3, -0.25) is 4.79 Å². The maximum Gasteiger partial charge on any atom is 0.387 e. The number of ether oxygens (including phenoxy) is 1. The van der Waals surface area contributed by atoms with Gasteiger partial charge in [-0.05, 0) is 35.7 Å². The molecule has 2 aromatic carbocycles. The molecule has 0 heterocycles. The van der Waals surface area contributed by atoms with Crippen LogP contribution in [-0.4, -0.2) is 24.2 Å². The molecule has 0 aliphatic heterocycles. The first-order valence-electron chi connectivity index (χ1n) is 7.49. The number of nitrogens with one attached hydrogen (secondary N) is 1. The lowest BCUT2D eigenvalue weighted by Gasteiger charge is -2.14. The molecule has 2 N–H and O–H groups in total. The van der Waals surface area contributed by atoms with Crippen LogP contribution in [0.5, 0.6) is 5.75 Å². The van der Waals surface area contributed by atoms with Crippen molar-refractivity contribution in [1.29, 1.82) is 0 Å². The Kier molecular flexibility index (Phi) is 6.26. The summed E-state index contributed by atoms with van der Waals surface area (Å²) >= 11 is 0. The van der Waals surface area contributed by atoms with Crippen LogP contribution in [0, 0.1) is 6.92 Å². The molecule has 0 bridgehead atoms. The molecule has 0 aliphatic rings. The van der Waals surface area contributed by atoms with Gasteiger partial charge in [-0.25, -0.2) is 0 Å². The number of rotatable bonds is 7. The van der Waals surface area contributed by atoms with Crippen molar-refractivity contribution >= 4 is 5.91 Å². The smallest absolute Gasteiger partial charge is 0.387 e. The van der Waals surface area contributed by atoms with E-state index in [0.717, 1.165) is 11.1 Å². The number of aryl methyl sites for hydroxylation is 1. The summed E-state index contributed by atoms with van der Waals surface area (Å²) < 4.78 is 28.7. The third-order valence-electron chi connectivity index (χ3n) is 3.53. The SMILES string of the molecule is Cc1ccccc1C(O)CNC(=O)Cc1cccc(OC(F)F)c1. The Balaban J connectivity index is 1.88. The van der Waals surface area contributed by atoms with Gasteiger partial charge in [-0.1, -0.05) is 36.4 Å². The predicted octanol–water partition coefficient (Wildman–Crippen LogP) is 2.99. The lowest BCUT2D eigenvalue weighted by atomic mass is 10.0. The Bertz CT molecular complexity index is 691. The molecule has 0 spiro atoms. The second-order valence-corrected chi connectivity index (χ2v) is 5.38. The molecule has 0 saturated carbocycles. The summed E-state index contributed by atoms with van der Waals surface area (Å²) in [6.45, 7) is -0.940. The van der Waals surface area contributed by atoms with Crippen molar-refractivity contribution in [3.05, 3.63) is 65.2 Å². The highest BCUT2D eigenvalue weighted by Crippen LogP contribution is 2.17. The average Bonchev–Trinajstić information content (AvgIpc) is 2.53. The number of aliphatic hydroxyl groups is 1. The minimum absolute atomic E-state index is 0.00949. The van der Waals surface area contributed by atoms with Gasteiger partial charge < -0.3 is 15.2 Å². The highest BCUT2D eigenvalue weighted by molar-refractivity contribution is 5.78. The molecule has 24 heavy (non-hydrogen) atoms. The normalized spacial score (nSPS) is 12.0. The van der Waals surface area contributed by atoms with Crippen molar-refractivity contribution in [2.75, 3.05) is 6.54 Å². The van der Waals surface area contributed by atoms with Crippen LogP contribution in [0.4, 0.5) is 8.78 Å². The molecule has 0 radical (unpaired) electrons. The van der Waals surface area contributed by atoms with Gasteiger partial charge in [0.15, 0.2) is 0 Å². The third-order valence-corrected chi connectivity index (χ3v) is 3.53. The lowest BCUT2D eigenvalue weighted by molar-refractivity contribution is -0.120. The van der Waals surface area contributed by atoms with Crippen LogP contribution in [0.15, 0.2) is 48.5 Å².